The summed E-state index contributed by atoms with van der Waals surface area (Å²) in [5.41, 5.74) is 2.54. The first-order chi connectivity index (χ1) is 12.0. The van der Waals surface area contributed by atoms with Gasteiger partial charge in [0.1, 0.15) is 0 Å². The second kappa shape index (κ2) is 8.71. The number of rotatable bonds is 6. The predicted octanol–water partition coefficient (Wildman–Crippen LogP) is 2.69. The number of nitrogens with one attached hydrogen (secondary N) is 3. The van der Waals surface area contributed by atoms with Gasteiger partial charge in [-0.3, -0.25) is 9.59 Å². The maximum Gasteiger partial charge on any atom is 0.243 e. The number of benzene rings is 2. The molecule has 0 spiro atoms. The van der Waals surface area contributed by atoms with Gasteiger partial charge in [-0.2, -0.15) is 5.26 Å². The van der Waals surface area contributed by atoms with Gasteiger partial charge in [0.2, 0.25) is 11.8 Å². The van der Waals surface area contributed by atoms with Crippen LogP contribution in [0.15, 0.2) is 42.5 Å². The van der Waals surface area contributed by atoms with E-state index in [0.717, 1.165) is 5.56 Å². The number of nitriles is 1. The third kappa shape index (κ3) is 5.52. The molecule has 0 aliphatic heterocycles. The highest BCUT2D eigenvalue weighted by Gasteiger charge is 2.08. The molecule has 0 fully saturated rings. The summed E-state index contributed by atoms with van der Waals surface area (Å²) in [6.07, 6.45) is 0. The van der Waals surface area contributed by atoms with Crippen molar-refractivity contribution in [2.75, 3.05) is 23.7 Å². The Hall–Kier alpha value is -3.04. The molecule has 6 nitrogen and oxygen atoms in total. The Kier molecular flexibility index (Phi) is 6.38. The van der Waals surface area contributed by atoms with Crippen LogP contribution in [-0.2, 0) is 9.59 Å². The average Bonchev–Trinajstić information content (AvgIpc) is 2.62. The lowest BCUT2D eigenvalue weighted by molar-refractivity contribution is -0.122. The minimum absolute atomic E-state index is 0.00163. The summed E-state index contributed by atoms with van der Waals surface area (Å²) < 4.78 is 0. The van der Waals surface area contributed by atoms with E-state index in [-0.39, 0.29) is 24.9 Å². The molecule has 0 saturated heterocycles. The van der Waals surface area contributed by atoms with Crippen molar-refractivity contribution in [3.05, 3.63) is 58.6 Å². The Bertz CT molecular complexity index is 830. The lowest BCUT2D eigenvalue weighted by Gasteiger charge is -2.11. The van der Waals surface area contributed by atoms with E-state index in [2.05, 4.69) is 16.0 Å². The Balaban J connectivity index is 1.78. The van der Waals surface area contributed by atoms with Crippen molar-refractivity contribution >= 4 is 34.8 Å². The summed E-state index contributed by atoms with van der Waals surface area (Å²) >= 11 is 6.00. The van der Waals surface area contributed by atoms with Gasteiger partial charge in [-0.25, -0.2) is 0 Å². The van der Waals surface area contributed by atoms with Crippen molar-refractivity contribution in [2.45, 2.75) is 6.92 Å². The van der Waals surface area contributed by atoms with Crippen molar-refractivity contribution in [1.29, 1.82) is 5.26 Å². The van der Waals surface area contributed by atoms with E-state index in [1.54, 1.807) is 49.4 Å². The van der Waals surface area contributed by atoms with E-state index < -0.39 is 0 Å². The molecule has 0 radical (unpaired) electrons. The summed E-state index contributed by atoms with van der Waals surface area (Å²) in [6, 6.07) is 14.0. The molecule has 0 aromatic heterocycles. The Morgan fingerprint density at radius 2 is 1.88 bits per heavy atom. The van der Waals surface area contributed by atoms with Crippen LogP contribution in [0.1, 0.15) is 11.1 Å². The minimum Gasteiger partial charge on any atom is -0.376 e. The van der Waals surface area contributed by atoms with Gasteiger partial charge >= 0.3 is 0 Å². The number of carbonyl (C=O) groups is 2. The lowest BCUT2D eigenvalue weighted by atomic mass is 10.2. The number of nitrogens with zero attached hydrogens (tertiary/aromatic N) is 1. The predicted molar refractivity (Wildman–Crippen MR) is 97.5 cm³/mol. The quantitative estimate of drug-likeness (QED) is 0.741. The van der Waals surface area contributed by atoms with Crippen molar-refractivity contribution in [2.24, 2.45) is 0 Å². The van der Waals surface area contributed by atoms with E-state index in [0.29, 0.717) is 22.0 Å². The summed E-state index contributed by atoms with van der Waals surface area (Å²) in [7, 11) is 0. The van der Waals surface area contributed by atoms with E-state index in [9.17, 15) is 9.59 Å². The Morgan fingerprint density at radius 3 is 2.64 bits per heavy atom. The molecule has 7 heteroatoms. The van der Waals surface area contributed by atoms with Gasteiger partial charge in [0, 0.05) is 16.4 Å². The van der Waals surface area contributed by atoms with E-state index in [1.807, 2.05) is 6.07 Å². The van der Waals surface area contributed by atoms with Crippen LogP contribution in [0.2, 0.25) is 5.02 Å². The average molecular weight is 357 g/mol. The van der Waals surface area contributed by atoms with Crippen molar-refractivity contribution < 1.29 is 9.59 Å². The van der Waals surface area contributed by atoms with Gasteiger partial charge in [0.15, 0.2) is 0 Å². The van der Waals surface area contributed by atoms with E-state index >= 15 is 0 Å². The molecule has 0 saturated carbocycles. The number of amides is 2. The van der Waals surface area contributed by atoms with Crippen LogP contribution in [0.5, 0.6) is 0 Å². The molecule has 128 valence electrons. The van der Waals surface area contributed by atoms with Crippen LogP contribution in [0.25, 0.3) is 0 Å². The molecule has 0 aliphatic carbocycles. The van der Waals surface area contributed by atoms with Crippen LogP contribution >= 0.6 is 11.6 Å². The third-order valence-corrected chi connectivity index (χ3v) is 3.84. The molecule has 2 rings (SSSR count). The topological polar surface area (TPSA) is 94.0 Å². The first-order valence-corrected chi connectivity index (χ1v) is 7.93. The number of halogens is 1. The molecule has 25 heavy (non-hydrogen) atoms. The van der Waals surface area contributed by atoms with Crippen molar-refractivity contribution in [1.82, 2.24) is 5.32 Å². The molecule has 0 aliphatic rings. The van der Waals surface area contributed by atoms with Crippen molar-refractivity contribution in [3.63, 3.8) is 0 Å². The van der Waals surface area contributed by atoms with Gasteiger partial charge in [0.25, 0.3) is 0 Å². The molecular weight excluding hydrogens is 340 g/mol. The van der Waals surface area contributed by atoms with Gasteiger partial charge in [-0.15, -0.1) is 0 Å². The van der Waals surface area contributed by atoms with E-state index in [1.165, 1.54) is 0 Å². The molecule has 0 unspecified atom stereocenters. The van der Waals surface area contributed by atoms with E-state index in [4.69, 9.17) is 16.9 Å². The highest BCUT2D eigenvalue weighted by molar-refractivity contribution is 6.31. The normalized spacial score (nSPS) is 9.80. The number of carbonyl (C=O) groups excluding carboxylic acids is 2. The SMILES string of the molecule is Cc1c(Cl)cccc1NC(=O)CNC(=O)CNc1cccc(C#N)c1. The molecule has 0 bridgehead atoms. The first kappa shape index (κ1) is 18.3. The fourth-order valence-corrected chi connectivity index (χ4v) is 2.23. The molecule has 2 aromatic rings. The molecule has 0 heterocycles. The Labute approximate surface area is 150 Å². The van der Waals surface area contributed by atoms with Crippen LogP contribution < -0.4 is 16.0 Å². The maximum absolute atomic E-state index is 11.9. The molecule has 0 atom stereocenters. The third-order valence-electron chi connectivity index (χ3n) is 3.43. The second-order valence-electron chi connectivity index (χ2n) is 5.28. The highest BCUT2D eigenvalue weighted by Crippen LogP contribution is 2.22. The molecular formula is C18H17ClN4O2. The minimum atomic E-state index is -0.342. The lowest BCUT2D eigenvalue weighted by Crippen LogP contribution is -2.36. The monoisotopic (exact) mass is 356 g/mol. The molecule has 2 aromatic carbocycles. The summed E-state index contributed by atoms with van der Waals surface area (Å²) in [5, 5.41) is 17.5. The van der Waals surface area contributed by atoms with Crippen LogP contribution in [-0.4, -0.2) is 24.9 Å². The standard InChI is InChI=1S/C18H17ClN4O2/c1-12-15(19)6-3-7-16(12)23-18(25)11-22-17(24)10-21-14-5-2-4-13(8-14)9-20/h2-8,21H,10-11H2,1H3,(H,22,24)(H,23,25). The Morgan fingerprint density at radius 1 is 1.12 bits per heavy atom. The van der Waals surface area contributed by atoms with Gasteiger partial charge in [-0.05, 0) is 42.8 Å². The number of hydrogen-bond donors (Lipinski definition) is 3. The zero-order valence-electron chi connectivity index (χ0n) is 13.6. The zero-order chi connectivity index (χ0) is 18.2. The van der Waals surface area contributed by atoms with Crippen LogP contribution in [0.4, 0.5) is 11.4 Å². The largest absolute Gasteiger partial charge is 0.376 e. The fourth-order valence-electron chi connectivity index (χ4n) is 2.06. The maximum atomic E-state index is 11.9. The molecule has 3 N–H and O–H groups in total. The summed E-state index contributed by atoms with van der Waals surface area (Å²) in [5.74, 6) is -0.675. The molecule has 2 amide bonds. The van der Waals surface area contributed by atoms with Gasteiger partial charge in [0.05, 0.1) is 24.7 Å². The summed E-state index contributed by atoms with van der Waals surface area (Å²) in [4.78, 5) is 23.7. The number of hydrogen-bond acceptors (Lipinski definition) is 4. The zero-order valence-corrected chi connectivity index (χ0v) is 14.4. The van der Waals surface area contributed by atoms with Gasteiger partial charge in [-0.1, -0.05) is 23.7 Å². The second-order valence-corrected chi connectivity index (χ2v) is 5.69. The highest BCUT2D eigenvalue weighted by atomic mass is 35.5. The van der Waals surface area contributed by atoms with Crippen LogP contribution in [0.3, 0.4) is 0 Å². The summed E-state index contributed by atoms with van der Waals surface area (Å²) in [6.45, 7) is 1.65. The van der Waals surface area contributed by atoms with Gasteiger partial charge < -0.3 is 16.0 Å². The van der Waals surface area contributed by atoms with Crippen molar-refractivity contribution in [3.8, 4) is 6.07 Å². The number of anilines is 2. The van der Waals surface area contributed by atoms with Crippen LogP contribution in [0, 0.1) is 18.3 Å². The smallest absolute Gasteiger partial charge is 0.243 e. The first-order valence-electron chi connectivity index (χ1n) is 7.55. The fraction of sp³-hybridized carbons (Fsp3) is 0.167.